The van der Waals surface area contributed by atoms with Crippen LogP contribution >= 0.6 is 0 Å². The van der Waals surface area contributed by atoms with Gasteiger partial charge >= 0.3 is 0 Å². The van der Waals surface area contributed by atoms with E-state index < -0.39 is 0 Å². The molecule has 0 amide bonds. The number of pyridine rings is 1. The summed E-state index contributed by atoms with van der Waals surface area (Å²) in [4.78, 5) is 4.51. The maximum atomic E-state index is 4.51. The second kappa shape index (κ2) is 6.18. The Labute approximate surface area is 120 Å². The van der Waals surface area contributed by atoms with Crippen LogP contribution in [-0.2, 0) is 13.0 Å². The molecule has 2 aromatic heterocycles. The quantitative estimate of drug-likeness (QED) is 0.928. The van der Waals surface area contributed by atoms with Gasteiger partial charge < -0.3 is 5.32 Å². The third-order valence-corrected chi connectivity index (χ3v) is 4.09. The van der Waals surface area contributed by atoms with Gasteiger partial charge in [-0.3, -0.25) is 9.67 Å². The van der Waals surface area contributed by atoms with Crippen LogP contribution in [0.3, 0.4) is 0 Å². The third-order valence-electron chi connectivity index (χ3n) is 4.09. The smallest absolute Gasteiger partial charge is 0.0885 e. The van der Waals surface area contributed by atoms with Crippen LogP contribution in [0, 0.1) is 5.92 Å². The number of aromatic nitrogens is 3. The van der Waals surface area contributed by atoms with E-state index in [2.05, 4.69) is 34.5 Å². The van der Waals surface area contributed by atoms with E-state index in [4.69, 9.17) is 0 Å². The summed E-state index contributed by atoms with van der Waals surface area (Å²) in [7, 11) is 0. The van der Waals surface area contributed by atoms with Crippen LogP contribution < -0.4 is 5.32 Å². The molecule has 1 aliphatic heterocycles. The Balaban J connectivity index is 1.78. The molecule has 106 valence electrons. The molecule has 1 aliphatic rings. The van der Waals surface area contributed by atoms with Crippen LogP contribution in [0.1, 0.15) is 25.3 Å². The van der Waals surface area contributed by atoms with Gasteiger partial charge in [-0.15, -0.1) is 0 Å². The van der Waals surface area contributed by atoms with Crippen LogP contribution in [-0.4, -0.2) is 27.9 Å². The van der Waals surface area contributed by atoms with Crippen molar-refractivity contribution in [3.63, 3.8) is 0 Å². The van der Waals surface area contributed by atoms with Crippen molar-refractivity contribution >= 4 is 0 Å². The van der Waals surface area contributed by atoms with Gasteiger partial charge in [0.15, 0.2) is 0 Å². The molecule has 0 spiro atoms. The van der Waals surface area contributed by atoms with E-state index in [-0.39, 0.29) is 0 Å². The molecule has 2 aromatic rings. The summed E-state index contributed by atoms with van der Waals surface area (Å²) in [6.07, 6.45) is 7.51. The van der Waals surface area contributed by atoms with Gasteiger partial charge in [0.05, 0.1) is 11.4 Å². The van der Waals surface area contributed by atoms with Crippen molar-refractivity contribution < 1.29 is 0 Å². The molecule has 4 heteroatoms. The number of hydrogen-bond acceptors (Lipinski definition) is 3. The molecule has 0 atom stereocenters. The minimum absolute atomic E-state index is 0.808. The largest absolute Gasteiger partial charge is 0.317 e. The Morgan fingerprint density at radius 2 is 2.10 bits per heavy atom. The summed E-state index contributed by atoms with van der Waals surface area (Å²) in [6.45, 7) is 5.30. The molecule has 3 rings (SSSR count). The highest BCUT2D eigenvalue weighted by Crippen LogP contribution is 2.22. The molecule has 20 heavy (non-hydrogen) atoms. The normalized spacial score (nSPS) is 16.4. The fraction of sp³-hybridized carbons (Fsp3) is 0.500. The van der Waals surface area contributed by atoms with Crippen LogP contribution in [0.2, 0.25) is 0 Å². The lowest BCUT2D eigenvalue weighted by Crippen LogP contribution is -2.28. The van der Waals surface area contributed by atoms with Gasteiger partial charge in [-0.1, -0.05) is 0 Å². The van der Waals surface area contributed by atoms with Gasteiger partial charge in [0.25, 0.3) is 0 Å². The SMILES string of the molecule is CCn1nccc1-c1cc(CC2CCNCC2)ccn1. The van der Waals surface area contributed by atoms with Crippen molar-refractivity contribution in [1.29, 1.82) is 0 Å². The molecule has 0 aromatic carbocycles. The molecule has 0 aliphatic carbocycles. The summed E-state index contributed by atoms with van der Waals surface area (Å²) in [6, 6.07) is 6.42. The van der Waals surface area contributed by atoms with E-state index in [0.29, 0.717) is 0 Å². The Kier molecular flexibility index (Phi) is 4.11. The molecule has 0 saturated carbocycles. The average molecular weight is 270 g/mol. The van der Waals surface area contributed by atoms with Gasteiger partial charge in [0.1, 0.15) is 0 Å². The highest BCUT2D eigenvalue weighted by molar-refractivity contribution is 5.54. The number of nitrogens with zero attached hydrogens (tertiary/aromatic N) is 3. The lowest BCUT2D eigenvalue weighted by Gasteiger charge is -2.22. The molecule has 1 saturated heterocycles. The van der Waals surface area contributed by atoms with Crippen LogP contribution in [0.25, 0.3) is 11.4 Å². The van der Waals surface area contributed by atoms with Gasteiger partial charge in [0, 0.05) is 18.9 Å². The van der Waals surface area contributed by atoms with E-state index in [1.54, 1.807) is 0 Å². The van der Waals surface area contributed by atoms with E-state index in [1.165, 1.54) is 18.4 Å². The molecular weight excluding hydrogens is 248 g/mol. The second-order valence-electron chi connectivity index (χ2n) is 5.48. The first-order valence-electron chi connectivity index (χ1n) is 7.54. The molecular formula is C16H22N4. The minimum Gasteiger partial charge on any atom is -0.317 e. The van der Waals surface area contributed by atoms with E-state index in [9.17, 15) is 0 Å². The topological polar surface area (TPSA) is 42.7 Å². The monoisotopic (exact) mass is 270 g/mol. The van der Waals surface area contributed by atoms with Crippen molar-refractivity contribution in [3.05, 3.63) is 36.2 Å². The van der Waals surface area contributed by atoms with Gasteiger partial charge in [0.2, 0.25) is 0 Å². The zero-order valence-corrected chi connectivity index (χ0v) is 12.0. The maximum absolute atomic E-state index is 4.51. The lowest BCUT2D eigenvalue weighted by molar-refractivity contribution is 0.372. The molecule has 1 fully saturated rings. The lowest BCUT2D eigenvalue weighted by atomic mass is 9.91. The third kappa shape index (κ3) is 2.90. The van der Waals surface area contributed by atoms with Gasteiger partial charge in [-0.05, 0) is 69.0 Å². The zero-order valence-electron chi connectivity index (χ0n) is 12.0. The van der Waals surface area contributed by atoms with Crippen molar-refractivity contribution in [1.82, 2.24) is 20.1 Å². The Bertz CT molecular complexity index is 555. The molecule has 1 N–H and O–H groups in total. The van der Waals surface area contributed by atoms with Gasteiger partial charge in [-0.25, -0.2) is 0 Å². The number of aryl methyl sites for hydroxylation is 1. The fourth-order valence-electron chi connectivity index (χ4n) is 2.96. The summed E-state index contributed by atoms with van der Waals surface area (Å²) < 4.78 is 2.00. The summed E-state index contributed by atoms with van der Waals surface area (Å²) >= 11 is 0. The summed E-state index contributed by atoms with van der Waals surface area (Å²) in [5.41, 5.74) is 3.54. The predicted molar refractivity (Wildman–Crippen MR) is 80.4 cm³/mol. The highest BCUT2D eigenvalue weighted by Gasteiger charge is 2.14. The van der Waals surface area contributed by atoms with E-state index in [1.807, 2.05) is 23.1 Å². The zero-order chi connectivity index (χ0) is 13.8. The Hall–Kier alpha value is -1.68. The highest BCUT2D eigenvalue weighted by atomic mass is 15.3. The van der Waals surface area contributed by atoms with Crippen molar-refractivity contribution in [3.8, 4) is 11.4 Å². The second-order valence-corrected chi connectivity index (χ2v) is 5.48. The average Bonchev–Trinajstić information content (AvgIpc) is 2.97. The standard InChI is InChI=1S/C16H22N4/c1-2-20-16(6-10-19-20)15-12-14(5-9-18-15)11-13-3-7-17-8-4-13/h5-6,9-10,12-13,17H,2-4,7-8,11H2,1H3. The number of nitrogens with one attached hydrogen (secondary N) is 1. The summed E-state index contributed by atoms with van der Waals surface area (Å²) in [5, 5.41) is 7.75. The van der Waals surface area contributed by atoms with Crippen molar-refractivity contribution in [2.75, 3.05) is 13.1 Å². The Morgan fingerprint density at radius 3 is 2.90 bits per heavy atom. The van der Waals surface area contributed by atoms with Crippen LogP contribution in [0.15, 0.2) is 30.6 Å². The molecule has 4 nitrogen and oxygen atoms in total. The Morgan fingerprint density at radius 1 is 1.25 bits per heavy atom. The number of piperidine rings is 1. The molecule has 0 radical (unpaired) electrons. The molecule has 3 heterocycles. The van der Waals surface area contributed by atoms with Crippen LogP contribution in [0.4, 0.5) is 0 Å². The number of hydrogen-bond donors (Lipinski definition) is 1. The summed E-state index contributed by atoms with van der Waals surface area (Å²) in [5.74, 6) is 0.808. The predicted octanol–water partition coefficient (Wildman–Crippen LogP) is 2.51. The van der Waals surface area contributed by atoms with Crippen molar-refractivity contribution in [2.24, 2.45) is 5.92 Å². The first-order chi connectivity index (χ1) is 9.86. The van der Waals surface area contributed by atoms with Crippen LogP contribution in [0.5, 0.6) is 0 Å². The first-order valence-corrected chi connectivity index (χ1v) is 7.54. The maximum Gasteiger partial charge on any atom is 0.0885 e. The fourth-order valence-corrected chi connectivity index (χ4v) is 2.96. The first kappa shape index (κ1) is 13.3. The molecule has 0 bridgehead atoms. The minimum atomic E-state index is 0.808. The van der Waals surface area contributed by atoms with Crippen molar-refractivity contribution in [2.45, 2.75) is 32.7 Å². The molecule has 0 unspecified atom stereocenters. The van der Waals surface area contributed by atoms with E-state index >= 15 is 0 Å². The van der Waals surface area contributed by atoms with Gasteiger partial charge in [-0.2, -0.15) is 5.10 Å². The number of rotatable bonds is 4. The van der Waals surface area contributed by atoms with E-state index in [0.717, 1.165) is 43.4 Å².